The number of nitrogens with one attached hydrogen (secondary N) is 3. The Bertz CT molecular complexity index is 958. The van der Waals surface area contributed by atoms with Gasteiger partial charge in [0.25, 0.3) is 5.91 Å². The van der Waals surface area contributed by atoms with E-state index in [0.29, 0.717) is 24.7 Å². The summed E-state index contributed by atoms with van der Waals surface area (Å²) in [7, 11) is 0. The number of rotatable bonds is 8. The van der Waals surface area contributed by atoms with Crippen molar-refractivity contribution in [1.82, 2.24) is 20.6 Å². The molecule has 3 rings (SSSR count). The molecule has 2 heterocycles. The second-order valence-electron chi connectivity index (χ2n) is 9.14. The van der Waals surface area contributed by atoms with Crippen LogP contribution in [-0.2, 0) is 4.79 Å². The summed E-state index contributed by atoms with van der Waals surface area (Å²) in [4.78, 5) is 34.2. The highest BCUT2D eigenvalue weighted by atomic mass is 19.1. The van der Waals surface area contributed by atoms with Crippen LogP contribution in [-0.4, -0.2) is 64.2 Å². The number of carboxylic acids is 1. The Balaban J connectivity index is 1.55. The number of carboxylic acid groups (broad SMARTS) is 1. The number of hydrogen-bond donors (Lipinski definition) is 4. The fourth-order valence-electron chi connectivity index (χ4n) is 3.75. The first-order valence-corrected chi connectivity index (χ1v) is 11.0. The van der Waals surface area contributed by atoms with E-state index >= 15 is 0 Å². The van der Waals surface area contributed by atoms with Crippen molar-refractivity contribution >= 4 is 23.5 Å². The first kappa shape index (κ1) is 24.4. The van der Waals surface area contributed by atoms with Crippen molar-refractivity contribution < 1.29 is 19.1 Å². The predicted octanol–water partition coefficient (Wildman–Crippen LogP) is 2.27. The second kappa shape index (κ2) is 10.6. The summed E-state index contributed by atoms with van der Waals surface area (Å²) in [5.41, 5.74) is 0.159. The lowest BCUT2D eigenvalue weighted by molar-refractivity contribution is -0.139. The molecular weight excluding hydrogens is 427 g/mol. The van der Waals surface area contributed by atoms with Crippen molar-refractivity contribution in [3.8, 4) is 0 Å². The Morgan fingerprint density at radius 2 is 1.88 bits per heavy atom. The van der Waals surface area contributed by atoms with Gasteiger partial charge in [-0.25, -0.2) is 14.4 Å². The molecule has 0 radical (unpaired) electrons. The van der Waals surface area contributed by atoms with Gasteiger partial charge >= 0.3 is 5.97 Å². The van der Waals surface area contributed by atoms with Gasteiger partial charge in [0, 0.05) is 49.2 Å². The first-order valence-electron chi connectivity index (χ1n) is 11.0. The molecule has 1 saturated heterocycles. The van der Waals surface area contributed by atoms with Crippen molar-refractivity contribution in [3.05, 3.63) is 48.0 Å². The molecule has 10 heteroatoms. The van der Waals surface area contributed by atoms with Crippen LogP contribution in [0, 0.1) is 5.82 Å². The molecule has 4 N–H and O–H groups in total. The number of hydrogen-bond acceptors (Lipinski definition) is 7. The number of piperidine rings is 1. The number of aliphatic carboxylic acids is 1. The number of amides is 1. The van der Waals surface area contributed by atoms with Crippen molar-refractivity contribution in [2.24, 2.45) is 0 Å². The van der Waals surface area contributed by atoms with Crippen LogP contribution in [0.3, 0.4) is 0 Å². The van der Waals surface area contributed by atoms with Crippen LogP contribution >= 0.6 is 0 Å². The van der Waals surface area contributed by atoms with Gasteiger partial charge in [0.15, 0.2) is 0 Å². The summed E-state index contributed by atoms with van der Waals surface area (Å²) < 4.78 is 14.8. The van der Waals surface area contributed by atoms with Crippen LogP contribution in [0.25, 0.3) is 0 Å². The second-order valence-corrected chi connectivity index (χ2v) is 9.14. The molecule has 178 valence electrons. The van der Waals surface area contributed by atoms with Crippen LogP contribution in [0.1, 0.15) is 44.0 Å². The van der Waals surface area contributed by atoms with E-state index in [-0.39, 0.29) is 18.2 Å². The minimum absolute atomic E-state index is 0.111. The third-order valence-electron chi connectivity index (χ3n) is 5.32. The van der Waals surface area contributed by atoms with Crippen LogP contribution in [0.4, 0.5) is 16.0 Å². The highest BCUT2D eigenvalue weighted by Gasteiger charge is 2.25. The number of halogens is 1. The topological polar surface area (TPSA) is 119 Å². The van der Waals surface area contributed by atoms with Crippen LogP contribution in [0.2, 0.25) is 0 Å². The zero-order chi connectivity index (χ0) is 24.0. The monoisotopic (exact) mass is 458 g/mol. The first-order chi connectivity index (χ1) is 15.6. The largest absolute Gasteiger partial charge is 0.480 e. The molecular formula is C23H31FN6O3. The van der Waals surface area contributed by atoms with E-state index in [1.54, 1.807) is 30.6 Å². The average Bonchev–Trinajstić information content (AvgIpc) is 2.77. The fraction of sp³-hybridized carbons (Fsp3) is 0.478. The summed E-state index contributed by atoms with van der Waals surface area (Å²) >= 11 is 0. The van der Waals surface area contributed by atoms with Gasteiger partial charge in [-0.1, -0.05) is 0 Å². The van der Waals surface area contributed by atoms with Crippen LogP contribution in [0.15, 0.2) is 36.7 Å². The van der Waals surface area contributed by atoms with Gasteiger partial charge in [-0.15, -0.1) is 0 Å². The zero-order valence-corrected chi connectivity index (χ0v) is 19.1. The number of aromatic nitrogens is 2. The standard InChI is InChI=1S/C23H31FN6O3/c1-23(2,3)29-18(21(32)33)14-27-20(31)15-5-6-19(17(24)13-15)30-11-7-16(8-12-30)28-22-25-9-4-10-26-22/h4-6,9-10,13,16,18,29H,7-8,11-12,14H2,1-3H3,(H,27,31)(H,32,33)(H,25,26,28)/t18-/m0/s1. The normalized spacial score (nSPS) is 15.7. The number of carbonyl (C=O) groups excluding carboxylic acids is 1. The van der Waals surface area contributed by atoms with Crippen LogP contribution in [0.5, 0.6) is 0 Å². The summed E-state index contributed by atoms with van der Waals surface area (Å²) in [6, 6.07) is 5.37. The van der Waals surface area contributed by atoms with Gasteiger partial charge < -0.3 is 20.6 Å². The van der Waals surface area contributed by atoms with Crippen LogP contribution < -0.4 is 20.9 Å². The summed E-state index contributed by atoms with van der Waals surface area (Å²) in [5.74, 6) is -1.49. The van der Waals surface area contributed by atoms with Gasteiger partial charge in [-0.3, -0.25) is 14.9 Å². The quantitative estimate of drug-likeness (QED) is 0.476. The number of nitrogens with zero attached hydrogens (tertiary/aromatic N) is 3. The molecule has 1 aliphatic heterocycles. The van der Waals surface area contributed by atoms with Gasteiger partial charge in [0.05, 0.1) is 5.69 Å². The molecule has 0 bridgehead atoms. The lowest BCUT2D eigenvalue weighted by Crippen LogP contribution is -2.53. The molecule has 1 fully saturated rings. The summed E-state index contributed by atoms with van der Waals surface area (Å²) in [6.45, 7) is 6.73. The lowest BCUT2D eigenvalue weighted by Gasteiger charge is -2.34. The molecule has 9 nitrogen and oxygen atoms in total. The smallest absolute Gasteiger partial charge is 0.322 e. The maximum atomic E-state index is 14.8. The van der Waals surface area contributed by atoms with E-state index in [2.05, 4.69) is 25.9 Å². The van der Waals surface area contributed by atoms with E-state index in [9.17, 15) is 19.1 Å². The minimum atomic E-state index is -1.07. The maximum Gasteiger partial charge on any atom is 0.322 e. The van der Waals surface area contributed by atoms with Crippen molar-refractivity contribution in [2.75, 3.05) is 29.9 Å². The fourth-order valence-corrected chi connectivity index (χ4v) is 3.75. The Morgan fingerprint density at radius 3 is 2.45 bits per heavy atom. The highest BCUT2D eigenvalue weighted by molar-refractivity contribution is 5.95. The molecule has 0 saturated carbocycles. The minimum Gasteiger partial charge on any atom is -0.480 e. The Morgan fingerprint density at radius 1 is 1.21 bits per heavy atom. The molecule has 2 aromatic rings. The molecule has 1 atom stereocenters. The molecule has 0 unspecified atom stereocenters. The molecule has 33 heavy (non-hydrogen) atoms. The number of benzene rings is 1. The zero-order valence-electron chi connectivity index (χ0n) is 19.1. The van der Waals surface area contributed by atoms with Crippen molar-refractivity contribution in [1.29, 1.82) is 0 Å². The van der Waals surface area contributed by atoms with Gasteiger partial charge in [-0.05, 0) is 57.9 Å². The molecule has 1 aromatic carbocycles. The SMILES string of the molecule is CC(C)(C)N[C@@H](CNC(=O)c1ccc(N2CCC(Nc3ncccn3)CC2)c(F)c1)C(=O)O. The average molecular weight is 459 g/mol. The predicted molar refractivity (Wildman–Crippen MR) is 124 cm³/mol. The third kappa shape index (κ3) is 7.11. The van der Waals surface area contributed by atoms with E-state index in [1.165, 1.54) is 6.07 Å². The lowest BCUT2D eigenvalue weighted by atomic mass is 10.0. The summed E-state index contributed by atoms with van der Waals surface area (Å²) in [5, 5.41) is 18.2. The Hall–Kier alpha value is -3.27. The van der Waals surface area contributed by atoms with Gasteiger partial charge in [-0.2, -0.15) is 0 Å². The van der Waals surface area contributed by atoms with Crippen molar-refractivity contribution in [3.63, 3.8) is 0 Å². The number of carbonyl (C=O) groups is 2. The van der Waals surface area contributed by atoms with Crippen molar-refractivity contribution in [2.45, 2.75) is 51.2 Å². The number of anilines is 2. The molecule has 1 aliphatic rings. The molecule has 1 amide bonds. The summed E-state index contributed by atoms with van der Waals surface area (Å²) in [6.07, 6.45) is 4.97. The molecule has 0 spiro atoms. The third-order valence-corrected chi connectivity index (χ3v) is 5.32. The Labute approximate surface area is 192 Å². The molecule has 0 aliphatic carbocycles. The van der Waals surface area contributed by atoms with E-state index in [1.807, 2.05) is 25.7 Å². The Kier molecular flexibility index (Phi) is 7.80. The van der Waals surface area contributed by atoms with Gasteiger partial charge in [0.2, 0.25) is 5.95 Å². The maximum absolute atomic E-state index is 14.8. The van der Waals surface area contributed by atoms with E-state index in [0.717, 1.165) is 12.8 Å². The van der Waals surface area contributed by atoms with E-state index < -0.39 is 29.3 Å². The van der Waals surface area contributed by atoms with Gasteiger partial charge in [0.1, 0.15) is 11.9 Å². The molecule has 1 aromatic heterocycles. The van der Waals surface area contributed by atoms with E-state index in [4.69, 9.17) is 0 Å². The highest BCUT2D eigenvalue weighted by Crippen LogP contribution is 2.25.